The van der Waals surface area contributed by atoms with Gasteiger partial charge in [0.2, 0.25) is 0 Å². The molecule has 2 aliphatic rings. The number of Topliss-reactive ketones (excluding diaryl/α,β-unsaturated/α-hetero) is 1. The van der Waals surface area contributed by atoms with Crippen molar-refractivity contribution in [2.45, 2.75) is 39.6 Å². The van der Waals surface area contributed by atoms with E-state index in [2.05, 4.69) is 77.6 Å². The van der Waals surface area contributed by atoms with E-state index in [1.807, 2.05) is 0 Å². The summed E-state index contributed by atoms with van der Waals surface area (Å²) in [7, 11) is 0. The molecule has 1 nitrogen and oxygen atoms in total. The van der Waals surface area contributed by atoms with Crippen LogP contribution in [0.3, 0.4) is 0 Å². The minimum atomic E-state index is -0.365. The number of carbonyl (C=O) groups is 1. The lowest BCUT2D eigenvalue weighted by molar-refractivity contribution is -0.131. The van der Waals surface area contributed by atoms with Crippen LogP contribution in [-0.2, 0) is 4.79 Å². The minimum Gasteiger partial charge on any atom is -0.297 e. The molecular weight excluding hydrogens is 456 g/mol. The number of ketones is 1. The van der Waals surface area contributed by atoms with Crippen LogP contribution in [0, 0.1) is 10.8 Å². The van der Waals surface area contributed by atoms with Crippen molar-refractivity contribution in [1.29, 1.82) is 0 Å². The fourth-order valence-corrected chi connectivity index (χ4v) is 6.71. The average molecular weight is 468 g/mol. The van der Waals surface area contributed by atoms with Gasteiger partial charge in [0.1, 0.15) is 0 Å². The predicted octanol–water partition coefficient (Wildman–Crippen LogP) is 4.39. The van der Waals surface area contributed by atoms with E-state index in [0.717, 1.165) is 12.8 Å². The van der Waals surface area contributed by atoms with E-state index in [-0.39, 0.29) is 23.7 Å². The zero-order valence-electron chi connectivity index (χ0n) is 8.49. The van der Waals surface area contributed by atoms with Crippen LogP contribution in [-0.4, -0.2) is 18.7 Å². The van der Waals surface area contributed by atoms with Crippen molar-refractivity contribution in [3.63, 3.8) is 0 Å². The highest BCUT2D eigenvalue weighted by atomic mass is 79.9. The Morgan fingerprint density at radius 1 is 1.33 bits per heavy atom. The van der Waals surface area contributed by atoms with Gasteiger partial charge in [-0.1, -0.05) is 77.6 Å². The van der Waals surface area contributed by atoms with E-state index >= 15 is 0 Å². The summed E-state index contributed by atoms with van der Waals surface area (Å²) in [6.07, 6.45) is 2.00. The standard InChI is InChI=1S/C10H12Br4O/c1-8-3-4-10(14,5(8)11)6(15)9(8,2)7(12)13/h5,7H,3-4H2,1-2H3/t5-,8+,9-,10+/m1/s1. The maximum absolute atomic E-state index is 12.5. The lowest BCUT2D eigenvalue weighted by atomic mass is 9.65. The normalized spacial score (nSPS) is 54.3. The maximum Gasteiger partial charge on any atom is 0.159 e. The first kappa shape index (κ1) is 13.0. The average Bonchev–Trinajstić information content (AvgIpc) is 2.46. The van der Waals surface area contributed by atoms with Gasteiger partial charge in [0, 0.05) is 4.83 Å². The Morgan fingerprint density at radius 2 is 1.87 bits per heavy atom. The third kappa shape index (κ3) is 1.27. The third-order valence-electron chi connectivity index (χ3n) is 4.44. The molecule has 2 rings (SSSR count). The van der Waals surface area contributed by atoms with Crippen molar-refractivity contribution in [2.75, 3.05) is 0 Å². The molecule has 0 aromatic rings. The van der Waals surface area contributed by atoms with Gasteiger partial charge < -0.3 is 0 Å². The molecule has 2 bridgehead atoms. The fraction of sp³-hybridized carbons (Fsp3) is 0.900. The number of rotatable bonds is 1. The van der Waals surface area contributed by atoms with Crippen molar-refractivity contribution in [3.8, 4) is 0 Å². The largest absolute Gasteiger partial charge is 0.297 e. The van der Waals surface area contributed by atoms with Gasteiger partial charge in [-0.2, -0.15) is 0 Å². The fourth-order valence-electron chi connectivity index (χ4n) is 2.99. The van der Waals surface area contributed by atoms with Gasteiger partial charge in [-0.05, 0) is 18.3 Å². The lowest BCUT2D eigenvalue weighted by Gasteiger charge is -2.43. The van der Waals surface area contributed by atoms with Crippen LogP contribution in [0.4, 0.5) is 0 Å². The van der Waals surface area contributed by atoms with Crippen molar-refractivity contribution < 1.29 is 4.79 Å². The van der Waals surface area contributed by atoms with Crippen molar-refractivity contribution >= 4 is 69.5 Å². The summed E-state index contributed by atoms with van der Waals surface area (Å²) in [5.74, 6) is 0.310. The topological polar surface area (TPSA) is 17.1 Å². The number of alkyl halides is 4. The molecule has 0 saturated heterocycles. The molecule has 2 fully saturated rings. The Balaban J connectivity index is 2.59. The Kier molecular flexibility index (Phi) is 3.08. The number of hydrogen-bond donors (Lipinski definition) is 0. The van der Waals surface area contributed by atoms with E-state index in [4.69, 9.17) is 0 Å². The summed E-state index contributed by atoms with van der Waals surface area (Å²) in [5.41, 5.74) is -0.353. The number of halogens is 4. The van der Waals surface area contributed by atoms with Crippen molar-refractivity contribution in [3.05, 3.63) is 0 Å². The molecule has 0 aromatic heterocycles. The van der Waals surface area contributed by atoms with Gasteiger partial charge in [0.15, 0.2) is 5.78 Å². The molecule has 0 unspecified atom stereocenters. The van der Waals surface area contributed by atoms with E-state index in [9.17, 15) is 4.79 Å². The molecule has 2 aliphatic carbocycles. The molecule has 0 aromatic carbocycles. The first-order chi connectivity index (χ1) is 6.71. The number of carbonyl (C=O) groups excluding carboxylic acids is 1. The molecule has 0 amide bonds. The van der Waals surface area contributed by atoms with Crippen LogP contribution in [0.25, 0.3) is 0 Å². The molecule has 0 radical (unpaired) electrons. The van der Waals surface area contributed by atoms with Gasteiger partial charge in [0.25, 0.3) is 0 Å². The molecule has 86 valence electrons. The van der Waals surface area contributed by atoms with Gasteiger partial charge in [-0.25, -0.2) is 0 Å². The molecule has 0 aliphatic heterocycles. The van der Waals surface area contributed by atoms with Gasteiger partial charge in [-0.15, -0.1) is 0 Å². The second-order valence-electron chi connectivity index (χ2n) is 4.97. The Hall–Kier alpha value is 1.59. The summed E-state index contributed by atoms with van der Waals surface area (Å²) in [5, 5.41) is 0. The Labute approximate surface area is 124 Å². The molecule has 5 heteroatoms. The van der Waals surface area contributed by atoms with Gasteiger partial charge in [-0.3, -0.25) is 4.79 Å². The summed E-state index contributed by atoms with van der Waals surface area (Å²) in [4.78, 5) is 12.7. The van der Waals surface area contributed by atoms with E-state index in [1.165, 1.54) is 0 Å². The van der Waals surface area contributed by atoms with Gasteiger partial charge >= 0.3 is 0 Å². The van der Waals surface area contributed by atoms with Crippen molar-refractivity contribution in [2.24, 2.45) is 10.8 Å². The summed E-state index contributed by atoms with van der Waals surface area (Å²) in [6, 6.07) is 0. The Bertz CT molecular complexity index is 331. The molecular formula is C10H12Br4O. The highest BCUT2D eigenvalue weighted by Crippen LogP contribution is 2.71. The molecule has 2 saturated carbocycles. The van der Waals surface area contributed by atoms with Crippen LogP contribution in [0.1, 0.15) is 26.7 Å². The van der Waals surface area contributed by atoms with Crippen LogP contribution in [0.15, 0.2) is 0 Å². The van der Waals surface area contributed by atoms with E-state index in [0.29, 0.717) is 5.78 Å². The van der Waals surface area contributed by atoms with Crippen LogP contribution in [0.2, 0.25) is 0 Å². The van der Waals surface area contributed by atoms with Crippen LogP contribution >= 0.6 is 63.7 Å². The zero-order chi connectivity index (χ0) is 11.6. The van der Waals surface area contributed by atoms with Crippen LogP contribution in [0.5, 0.6) is 0 Å². The third-order valence-corrected chi connectivity index (χ3v) is 9.89. The van der Waals surface area contributed by atoms with Gasteiger partial charge in [0.05, 0.1) is 13.5 Å². The van der Waals surface area contributed by atoms with Crippen molar-refractivity contribution in [1.82, 2.24) is 0 Å². The number of fused-ring (bicyclic) bond motifs is 2. The maximum atomic E-state index is 12.5. The zero-order valence-corrected chi connectivity index (χ0v) is 14.8. The Morgan fingerprint density at radius 3 is 2.13 bits per heavy atom. The molecule has 0 heterocycles. The molecule has 15 heavy (non-hydrogen) atoms. The second kappa shape index (κ2) is 3.55. The highest BCUT2D eigenvalue weighted by molar-refractivity contribution is 9.24. The smallest absolute Gasteiger partial charge is 0.159 e. The predicted molar refractivity (Wildman–Crippen MR) is 76.5 cm³/mol. The van der Waals surface area contributed by atoms with E-state index in [1.54, 1.807) is 0 Å². The molecule has 0 spiro atoms. The SMILES string of the molecule is C[C@@]12CC[C@@](Br)(C(=O)[C@]1(C)C(Br)Br)[C@@H]2Br. The summed E-state index contributed by atoms with van der Waals surface area (Å²) < 4.78 is -0.342. The monoisotopic (exact) mass is 464 g/mol. The number of hydrogen-bond acceptors (Lipinski definition) is 1. The lowest BCUT2D eigenvalue weighted by Crippen LogP contribution is -2.47. The first-order valence-electron chi connectivity index (χ1n) is 4.87. The van der Waals surface area contributed by atoms with Crippen LogP contribution < -0.4 is 0 Å². The van der Waals surface area contributed by atoms with E-state index < -0.39 is 0 Å². The summed E-state index contributed by atoms with van der Waals surface area (Å²) in [6.45, 7) is 4.26. The second-order valence-corrected chi connectivity index (χ2v) is 10.4. The molecule has 0 N–H and O–H groups in total. The first-order valence-corrected chi connectivity index (χ1v) is 8.41. The molecule has 4 atom stereocenters. The minimum absolute atomic E-state index is 0.00521. The summed E-state index contributed by atoms with van der Waals surface area (Å²) >= 11 is 14.5. The quantitative estimate of drug-likeness (QED) is 0.523. The highest BCUT2D eigenvalue weighted by Gasteiger charge is 2.75.